The molecule has 2 N–H and O–H groups in total. The van der Waals surface area contributed by atoms with Crippen LogP contribution in [0.1, 0.15) is 18.4 Å². The molecule has 0 atom stereocenters. The Morgan fingerprint density at radius 3 is 2.57 bits per heavy atom. The standard InChI is InChI=1S/C14H20F3N3O/c1-21-10-13(4-6-18-7-5-13)9-20-12-3-2-11(8-19-12)14(15,16)17/h2-3,8,18H,4-7,9-10H2,1H3,(H,19,20). The van der Waals surface area contributed by atoms with Crippen LogP contribution in [-0.2, 0) is 10.9 Å². The van der Waals surface area contributed by atoms with Crippen molar-refractivity contribution in [2.75, 3.05) is 38.7 Å². The van der Waals surface area contributed by atoms with Gasteiger partial charge in [0.15, 0.2) is 0 Å². The maximum absolute atomic E-state index is 12.5. The summed E-state index contributed by atoms with van der Waals surface area (Å²) in [5.41, 5.74) is -0.730. The molecule has 1 aromatic rings. The summed E-state index contributed by atoms with van der Waals surface area (Å²) >= 11 is 0. The fraction of sp³-hybridized carbons (Fsp3) is 0.643. The van der Waals surface area contributed by atoms with E-state index in [0.717, 1.165) is 38.2 Å². The monoisotopic (exact) mass is 303 g/mol. The summed E-state index contributed by atoms with van der Waals surface area (Å²) in [6.45, 7) is 3.11. The van der Waals surface area contributed by atoms with Gasteiger partial charge in [0.1, 0.15) is 5.82 Å². The van der Waals surface area contributed by atoms with Gasteiger partial charge in [0.2, 0.25) is 0 Å². The zero-order valence-electron chi connectivity index (χ0n) is 12.0. The number of nitrogens with one attached hydrogen (secondary N) is 2. The van der Waals surface area contributed by atoms with E-state index in [1.807, 2.05) is 0 Å². The first-order valence-corrected chi connectivity index (χ1v) is 6.92. The van der Waals surface area contributed by atoms with Gasteiger partial charge in [-0.05, 0) is 38.1 Å². The number of pyridine rings is 1. The number of piperidine rings is 1. The minimum Gasteiger partial charge on any atom is -0.384 e. The van der Waals surface area contributed by atoms with Crippen LogP contribution < -0.4 is 10.6 Å². The van der Waals surface area contributed by atoms with Crippen LogP contribution in [-0.4, -0.2) is 38.3 Å². The Hall–Kier alpha value is -1.34. The van der Waals surface area contributed by atoms with E-state index >= 15 is 0 Å². The van der Waals surface area contributed by atoms with Crippen LogP contribution in [0.15, 0.2) is 18.3 Å². The van der Waals surface area contributed by atoms with E-state index in [1.54, 1.807) is 7.11 Å². The molecule has 1 aliphatic rings. The molecule has 0 unspecified atom stereocenters. The number of rotatable bonds is 5. The number of methoxy groups -OCH3 is 1. The first kappa shape index (κ1) is 16.0. The number of aromatic nitrogens is 1. The highest BCUT2D eigenvalue weighted by Gasteiger charge is 2.33. The van der Waals surface area contributed by atoms with E-state index in [4.69, 9.17) is 4.74 Å². The topological polar surface area (TPSA) is 46.2 Å². The fourth-order valence-corrected chi connectivity index (χ4v) is 2.58. The Kier molecular flexibility index (Phi) is 5.05. The van der Waals surface area contributed by atoms with E-state index in [9.17, 15) is 13.2 Å². The summed E-state index contributed by atoms with van der Waals surface area (Å²) in [6, 6.07) is 2.41. The summed E-state index contributed by atoms with van der Waals surface area (Å²) < 4.78 is 42.7. The molecular formula is C14H20F3N3O. The van der Waals surface area contributed by atoms with Crippen LogP contribution in [0.2, 0.25) is 0 Å². The lowest BCUT2D eigenvalue weighted by Gasteiger charge is -2.37. The Labute approximate surface area is 122 Å². The van der Waals surface area contributed by atoms with Gasteiger partial charge in [-0.1, -0.05) is 0 Å². The van der Waals surface area contributed by atoms with Crippen molar-refractivity contribution in [1.82, 2.24) is 10.3 Å². The van der Waals surface area contributed by atoms with Crippen LogP contribution in [0.5, 0.6) is 0 Å². The van der Waals surface area contributed by atoms with Crippen molar-refractivity contribution in [2.24, 2.45) is 5.41 Å². The molecule has 0 saturated carbocycles. The van der Waals surface area contributed by atoms with Crippen molar-refractivity contribution < 1.29 is 17.9 Å². The van der Waals surface area contributed by atoms with Gasteiger partial charge in [-0.2, -0.15) is 13.2 Å². The highest BCUT2D eigenvalue weighted by Crippen LogP contribution is 2.31. The maximum Gasteiger partial charge on any atom is 0.417 e. The Morgan fingerprint density at radius 1 is 1.33 bits per heavy atom. The number of ether oxygens (including phenoxy) is 1. The van der Waals surface area contributed by atoms with Crippen molar-refractivity contribution in [3.05, 3.63) is 23.9 Å². The predicted octanol–water partition coefficient (Wildman–Crippen LogP) is 2.53. The first-order chi connectivity index (χ1) is 9.95. The summed E-state index contributed by atoms with van der Waals surface area (Å²) in [6.07, 6.45) is -1.56. The number of halogens is 3. The molecule has 4 nitrogen and oxygen atoms in total. The summed E-state index contributed by atoms with van der Waals surface area (Å²) in [5, 5.41) is 6.43. The highest BCUT2D eigenvalue weighted by atomic mass is 19.4. The average Bonchev–Trinajstić information content (AvgIpc) is 2.46. The SMILES string of the molecule is COCC1(CNc2ccc(C(F)(F)F)cn2)CCNCC1. The van der Waals surface area contributed by atoms with Gasteiger partial charge in [-0.3, -0.25) is 0 Å². The van der Waals surface area contributed by atoms with Crippen LogP contribution in [0, 0.1) is 5.41 Å². The molecule has 118 valence electrons. The van der Waals surface area contributed by atoms with Gasteiger partial charge in [-0.15, -0.1) is 0 Å². The molecule has 0 radical (unpaired) electrons. The van der Waals surface area contributed by atoms with Gasteiger partial charge in [0.05, 0.1) is 12.2 Å². The third-order valence-electron chi connectivity index (χ3n) is 3.85. The molecule has 0 aliphatic carbocycles. The molecule has 1 aliphatic heterocycles. The molecule has 1 aromatic heterocycles. The van der Waals surface area contributed by atoms with Crippen molar-refractivity contribution >= 4 is 5.82 Å². The molecule has 0 amide bonds. The van der Waals surface area contributed by atoms with Crippen LogP contribution >= 0.6 is 0 Å². The second-order valence-electron chi connectivity index (χ2n) is 5.47. The molecular weight excluding hydrogens is 283 g/mol. The quantitative estimate of drug-likeness (QED) is 0.877. The molecule has 0 aromatic carbocycles. The lowest BCUT2D eigenvalue weighted by Crippen LogP contribution is -2.44. The normalized spacial score (nSPS) is 18.5. The number of nitrogens with zero attached hydrogens (tertiary/aromatic N) is 1. The van der Waals surface area contributed by atoms with Crippen LogP contribution in [0.25, 0.3) is 0 Å². The fourth-order valence-electron chi connectivity index (χ4n) is 2.58. The molecule has 0 bridgehead atoms. The highest BCUT2D eigenvalue weighted by molar-refractivity contribution is 5.36. The van der Waals surface area contributed by atoms with Gasteiger partial charge in [0, 0.05) is 25.3 Å². The van der Waals surface area contributed by atoms with E-state index < -0.39 is 11.7 Å². The third kappa shape index (κ3) is 4.31. The minimum absolute atomic E-state index is 0.00434. The maximum atomic E-state index is 12.5. The average molecular weight is 303 g/mol. The number of hydrogen-bond acceptors (Lipinski definition) is 4. The van der Waals surface area contributed by atoms with Gasteiger partial charge in [-0.25, -0.2) is 4.98 Å². The molecule has 2 rings (SSSR count). The molecule has 0 spiro atoms. The number of anilines is 1. The van der Waals surface area contributed by atoms with Crippen molar-refractivity contribution in [2.45, 2.75) is 19.0 Å². The van der Waals surface area contributed by atoms with E-state index in [0.29, 0.717) is 19.0 Å². The molecule has 2 heterocycles. The van der Waals surface area contributed by atoms with Crippen LogP contribution in [0.3, 0.4) is 0 Å². The zero-order chi connectivity index (χ0) is 15.3. The summed E-state index contributed by atoms with van der Waals surface area (Å²) in [5.74, 6) is 0.456. The summed E-state index contributed by atoms with van der Waals surface area (Å²) in [7, 11) is 1.67. The van der Waals surface area contributed by atoms with Crippen LogP contribution in [0.4, 0.5) is 19.0 Å². The van der Waals surface area contributed by atoms with E-state index in [2.05, 4.69) is 15.6 Å². The van der Waals surface area contributed by atoms with Crippen molar-refractivity contribution in [1.29, 1.82) is 0 Å². The minimum atomic E-state index is -4.35. The van der Waals surface area contributed by atoms with Gasteiger partial charge < -0.3 is 15.4 Å². The predicted molar refractivity (Wildman–Crippen MR) is 74.1 cm³/mol. The zero-order valence-corrected chi connectivity index (χ0v) is 12.0. The van der Waals surface area contributed by atoms with E-state index in [-0.39, 0.29) is 5.41 Å². The van der Waals surface area contributed by atoms with Gasteiger partial charge in [0.25, 0.3) is 0 Å². The van der Waals surface area contributed by atoms with E-state index in [1.165, 1.54) is 6.07 Å². The number of alkyl halides is 3. The Bertz CT molecular complexity index is 436. The Morgan fingerprint density at radius 2 is 2.05 bits per heavy atom. The summed E-state index contributed by atoms with van der Waals surface area (Å²) in [4.78, 5) is 3.83. The Balaban J connectivity index is 1.97. The largest absolute Gasteiger partial charge is 0.417 e. The third-order valence-corrected chi connectivity index (χ3v) is 3.85. The lowest BCUT2D eigenvalue weighted by atomic mass is 9.79. The second kappa shape index (κ2) is 6.62. The van der Waals surface area contributed by atoms with Crippen molar-refractivity contribution in [3.8, 4) is 0 Å². The second-order valence-corrected chi connectivity index (χ2v) is 5.47. The van der Waals surface area contributed by atoms with Crippen molar-refractivity contribution in [3.63, 3.8) is 0 Å². The molecule has 7 heteroatoms. The molecule has 1 fully saturated rings. The van der Waals surface area contributed by atoms with Gasteiger partial charge >= 0.3 is 6.18 Å². The first-order valence-electron chi connectivity index (χ1n) is 6.92. The number of hydrogen-bond donors (Lipinski definition) is 2. The molecule has 21 heavy (non-hydrogen) atoms. The smallest absolute Gasteiger partial charge is 0.384 e. The lowest BCUT2D eigenvalue weighted by molar-refractivity contribution is -0.137. The molecule has 1 saturated heterocycles.